The maximum atomic E-state index is 11.0. The molecule has 128 valence electrons. The minimum atomic E-state index is -0.0672. The number of unbranched alkanes of at least 4 members (excludes halogenated alkanes) is 9. The fourth-order valence-electron chi connectivity index (χ4n) is 3.10. The molecule has 1 aliphatic rings. The van der Waals surface area contributed by atoms with Crippen LogP contribution in [0, 0.1) is 0 Å². The van der Waals surface area contributed by atoms with Gasteiger partial charge in [-0.3, -0.25) is 4.79 Å². The van der Waals surface area contributed by atoms with Crippen molar-refractivity contribution in [3.63, 3.8) is 0 Å². The molecule has 0 N–H and O–H groups in total. The number of carbonyl (C=O) groups is 1. The summed E-state index contributed by atoms with van der Waals surface area (Å²) in [6.45, 7) is 2.28. The van der Waals surface area contributed by atoms with Gasteiger partial charge in [0, 0.05) is 6.42 Å². The van der Waals surface area contributed by atoms with E-state index in [0.29, 0.717) is 6.42 Å². The van der Waals surface area contributed by atoms with Crippen molar-refractivity contribution in [1.82, 2.24) is 0 Å². The van der Waals surface area contributed by atoms with Gasteiger partial charge in [0.1, 0.15) is 0 Å². The summed E-state index contributed by atoms with van der Waals surface area (Å²) in [6, 6.07) is 0. The van der Waals surface area contributed by atoms with E-state index in [1.165, 1.54) is 90.6 Å². The molecule has 0 heterocycles. The van der Waals surface area contributed by atoms with Crippen LogP contribution in [0.2, 0.25) is 0 Å². The molecular formula is C20H36O2. The Hall–Kier alpha value is -0.790. The summed E-state index contributed by atoms with van der Waals surface area (Å²) in [5, 5.41) is 0. The minimum absolute atomic E-state index is 0.0672. The second-order valence-corrected chi connectivity index (χ2v) is 6.75. The Balaban J connectivity index is 1.84. The van der Waals surface area contributed by atoms with Crippen molar-refractivity contribution in [2.75, 3.05) is 7.11 Å². The maximum absolute atomic E-state index is 11.0. The van der Waals surface area contributed by atoms with Gasteiger partial charge in [0.2, 0.25) is 0 Å². The lowest BCUT2D eigenvalue weighted by molar-refractivity contribution is -0.140. The summed E-state index contributed by atoms with van der Waals surface area (Å²) in [5.41, 5.74) is 3.55. The van der Waals surface area contributed by atoms with Crippen molar-refractivity contribution in [3.05, 3.63) is 11.1 Å². The van der Waals surface area contributed by atoms with Gasteiger partial charge in [-0.2, -0.15) is 0 Å². The Morgan fingerprint density at radius 1 is 0.818 bits per heavy atom. The van der Waals surface area contributed by atoms with Gasteiger partial charge in [0.25, 0.3) is 0 Å². The predicted molar refractivity (Wildman–Crippen MR) is 94.0 cm³/mol. The van der Waals surface area contributed by atoms with Gasteiger partial charge >= 0.3 is 5.97 Å². The molecule has 0 saturated carbocycles. The highest BCUT2D eigenvalue weighted by Gasteiger charge is 2.19. The summed E-state index contributed by atoms with van der Waals surface area (Å²) in [5.74, 6) is -0.0672. The highest BCUT2D eigenvalue weighted by molar-refractivity contribution is 5.68. The van der Waals surface area contributed by atoms with Crippen LogP contribution < -0.4 is 0 Å². The first-order valence-corrected chi connectivity index (χ1v) is 9.54. The normalized spacial score (nSPS) is 13.5. The first-order valence-electron chi connectivity index (χ1n) is 9.54. The van der Waals surface area contributed by atoms with Crippen LogP contribution in [0.5, 0.6) is 0 Å². The molecule has 0 spiro atoms. The average Bonchev–Trinajstić information content (AvgIpc) is 3.28. The summed E-state index contributed by atoms with van der Waals surface area (Å²) >= 11 is 0. The molecule has 1 rings (SSSR count). The number of esters is 1. The monoisotopic (exact) mass is 308 g/mol. The number of carbonyl (C=O) groups excluding carboxylic acids is 1. The van der Waals surface area contributed by atoms with E-state index in [0.717, 1.165) is 6.42 Å². The zero-order valence-corrected chi connectivity index (χ0v) is 14.9. The molecule has 0 fully saturated rings. The molecule has 0 aromatic rings. The summed E-state index contributed by atoms with van der Waals surface area (Å²) in [6.07, 6.45) is 19.2. The maximum Gasteiger partial charge on any atom is 0.305 e. The minimum Gasteiger partial charge on any atom is -0.469 e. The third kappa shape index (κ3) is 10.0. The largest absolute Gasteiger partial charge is 0.469 e. The number of hydrogen-bond donors (Lipinski definition) is 0. The molecule has 2 heteroatoms. The smallest absolute Gasteiger partial charge is 0.305 e. The number of methoxy groups -OCH3 is 1. The predicted octanol–water partition coefficient (Wildman–Crippen LogP) is 6.34. The first kappa shape index (κ1) is 19.3. The van der Waals surface area contributed by atoms with E-state index in [1.54, 1.807) is 11.1 Å². The van der Waals surface area contributed by atoms with Crippen LogP contribution in [0.25, 0.3) is 0 Å². The van der Waals surface area contributed by atoms with E-state index >= 15 is 0 Å². The standard InChI is InChI=1S/C20H36O2/c1-3-4-5-6-8-11-14-18-17-19(18)15-12-9-7-10-13-16-20(21)22-2/h3-17H2,1-2H3. The van der Waals surface area contributed by atoms with Gasteiger partial charge in [0.05, 0.1) is 7.11 Å². The van der Waals surface area contributed by atoms with Crippen molar-refractivity contribution in [2.45, 2.75) is 103 Å². The van der Waals surface area contributed by atoms with Crippen LogP contribution >= 0.6 is 0 Å². The first-order chi connectivity index (χ1) is 10.8. The SMILES string of the molecule is CCCCCCCCC1=C(CCCCCCCC(=O)OC)C1. The van der Waals surface area contributed by atoms with E-state index in [2.05, 4.69) is 11.7 Å². The summed E-state index contributed by atoms with van der Waals surface area (Å²) < 4.78 is 4.64. The van der Waals surface area contributed by atoms with Crippen LogP contribution in [0.3, 0.4) is 0 Å². The molecule has 0 aliphatic heterocycles. The van der Waals surface area contributed by atoms with Crippen molar-refractivity contribution >= 4 is 5.97 Å². The molecule has 2 nitrogen and oxygen atoms in total. The average molecular weight is 309 g/mol. The lowest BCUT2D eigenvalue weighted by Crippen LogP contribution is -1.99. The van der Waals surface area contributed by atoms with E-state index in [-0.39, 0.29) is 5.97 Å². The van der Waals surface area contributed by atoms with Gasteiger partial charge < -0.3 is 4.74 Å². The molecule has 0 amide bonds. The van der Waals surface area contributed by atoms with Gasteiger partial charge in [-0.1, -0.05) is 69.4 Å². The van der Waals surface area contributed by atoms with Crippen molar-refractivity contribution < 1.29 is 9.53 Å². The Bertz CT molecular complexity index is 331. The van der Waals surface area contributed by atoms with E-state index in [9.17, 15) is 4.79 Å². The van der Waals surface area contributed by atoms with Crippen LogP contribution in [0.1, 0.15) is 103 Å². The van der Waals surface area contributed by atoms with E-state index in [1.807, 2.05) is 0 Å². The Labute approximate surface area is 137 Å². The quantitative estimate of drug-likeness (QED) is 0.200. The molecule has 1 aliphatic carbocycles. The molecular weight excluding hydrogens is 272 g/mol. The van der Waals surface area contributed by atoms with Gasteiger partial charge in [-0.15, -0.1) is 0 Å². The van der Waals surface area contributed by atoms with Crippen LogP contribution in [0.15, 0.2) is 11.1 Å². The molecule has 0 atom stereocenters. The van der Waals surface area contributed by atoms with Gasteiger partial charge in [-0.25, -0.2) is 0 Å². The Kier molecular flexibility index (Phi) is 11.1. The van der Waals surface area contributed by atoms with Gasteiger partial charge in [-0.05, 0) is 38.5 Å². The van der Waals surface area contributed by atoms with Crippen LogP contribution in [-0.4, -0.2) is 13.1 Å². The van der Waals surface area contributed by atoms with Crippen molar-refractivity contribution in [1.29, 1.82) is 0 Å². The third-order valence-electron chi connectivity index (χ3n) is 4.72. The van der Waals surface area contributed by atoms with Crippen molar-refractivity contribution in [3.8, 4) is 0 Å². The van der Waals surface area contributed by atoms with Crippen LogP contribution in [0.4, 0.5) is 0 Å². The Morgan fingerprint density at radius 2 is 1.32 bits per heavy atom. The lowest BCUT2D eigenvalue weighted by Gasteiger charge is -2.00. The second kappa shape index (κ2) is 12.7. The highest BCUT2D eigenvalue weighted by atomic mass is 16.5. The zero-order chi connectivity index (χ0) is 16.0. The number of allylic oxidation sites excluding steroid dienone is 2. The molecule has 0 aromatic heterocycles. The lowest BCUT2D eigenvalue weighted by atomic mass is 10.1. The molecule has 0 bridgehead atoms. The molecule has 0 unspecified atom stereocenters. The van der Waals surface area contributed by atoms with Crippen molar-refractivity contribution in [2.24, 2.45) is 0 Å². The molecule has 22 heavy (non-hydrogen) atoms. The number of rotatable bonds is 15. The molecule has 0 radical (unpaired) electrons. The van der Waals surface area contributed by atoms with Gasteiger partial charge in [0.15, 0.2) is 0 Å². The summed E-state index contributed by atoms with van der Waals surface area (Å²) in [7, 11) is 1.47. The zero-order valence-electron chi connectivity index (χ0n) is 14.9. The molecule has 0 aromatic carbocycles. The third-order valence-corrected chi connectivity index (χ3v) is 4.72. The fourth-order valence-corrected chi connectivity index (χ4v) is 3.10. The van der Waals surface area contributed by atoms with E-state index in [4.69, 9.17) is 0 Å². The second-order valence-electron chi connectivity index (χ2n) is 6.75. The fraction of sp³-hybridized carbons (Fsp3) is 0.850. The summed E-state index contributed by atoms with van der Waals surface area (Å²) in [4.78, 5) is 11.0. The Morgan fingerprint density at radius 3 is 1.86 bits per heavy atom. The van der Waals surface area contributed by atoms with Crippen LogP contribution in [-0.2, 0) is 9.53 Å². The number of hydrogen-bond acceptors (Lipinski definition) is 2. The number of ether oxygens (including phenoxy) is 1. The van der Waals surface area contributed by atoms with E-state index < -0.39 is 0 Å². The molecule has 0 saturated heterocycles. The highest BCUT2D eigenvalue weighted by Crippen LogP contribution is 2.38. The topological polar surface area (TPSA) is 26.3 Å².